The van der Waals surface area contributed by atoms with Crippen LogP contribution in [0, 0.1) is 17.3 Å². The zero-order valence-electron chi connectivity index (χ0n) is 18.1. The van der Waals surface area contributed by atoms with Crippen molar-refractivity contribution in [3.8, 4) is 23.1 Å². The molecule has 3 aromatic heterocycles. The molecule has 1 fully saturated rings. The number of nitrogens with zero attached hydrogens (tertiary/aromatic N) is 5. The van der Waals surface area contributed by atoms with Crippen LogP contribution in [0.25, 0.3) is 22.2 Å². The predicted molar refractivity (Wildman–Crippen MR) is 129 cm³/mol. The third kappa shape index (κ3) is 4.02. The number of pyridine rings is 2. The molecular formula is C24H19Cl2FN6O. The largest absolute Gasteiger partial charge is 0.486 e. The summed E-state index contributed by atoms with van der Waals surface area (Å²) in [6.07, 6.45) is 4.52. The minimum atomic E-state index is -0.803. The lowest BCUT2D eigenvalue weighted by Crippen LogP contribution is -2.20. The molecule has 4 aromatic rings. The van der Waals surface area contributed by atoms with E-state index in [4.69, 9.17) is 27.9 Å². The SMILES string of the molecule is CC(Oc1ccc2[nH]nc(-c3cnc(N4CCCC4)c(C#N)c3)c2c1)c1c(Cl)cnc(F)c1Cl. The molecule has 0 saturated carbocycles. The van der Waals surface area contributed by atoms with Crippen molar-refractivity contribution in [3.63, 3.8) is 0 Å². The number of hydrogen-bond donors (Lipinski definition) is 1. The highest BCUT2D eigenvalue weighted by Crippen LogP contribution is 2.36. The van der Waals surface area contributed by atoms with Gasteiger partial charge in [-0.2, -0.15) is 14.8 Å². The zero-order chi connectivity index (χ0) is 23.8. The van der Waals surface area contributed by atoms with E-state index in [-0.39, 0.29) is 10.0 Å². The van der Waals surface area contributed by atoms with Gasteiger partial charge in [-0.25, -0.2) is 9.97 Å². The average molecular weight is 497 g/mol. The highest BCUT2D eigenvalue weighted by Gasteiger charge is 2.21. The Labute approximate surface area is 205 Å². The Hall–Kier alpha value is -3.41. The number of benzene rings is 1. The van der Waals surface area contributed by atoms with Gasteiger partial charge in [0.15, 0.2) is 0 Å². The van der Waals surface area contributed by atoms with Gasteiger partial charge in [-0.05, 0) is 44.0 Å². The molecule has 5 rings (SSSR count). The molecule has 7 nitrogen and oxygen atoms in total. The summed E-state index contributed by atoms with van der Waals surface area (Å²) in [6, 6.07) is 9.51. The van der Waals surface area contributed by atoms with Gasteiger partial charge < -0.3 is 9.64 Å². The van der Waals surface area contributed by atoms with Gasteiger partial charge in [0.05, 0.1) is 16.1 Å². The monoisotopic (exact) mass is 496 g/mol. The highest BCUT2D eigenvalue weighted by atomic mass is 35.5. The lowest BCUT2D eigenvalue weighted by Gasteiger charge is -2.18. The second-order valence-electron chi connectivity index (χ2n) is 8.07. The molecule has 34 heavy (non-hydrogen) atoms. The van der Waals surface area contributed by atoms with Crippen LogP contribution in [-0.4, -0.2) is 33.3 Å². The molecule has 0 radical (unpaired) electrons. The topological polar surface area (TPSA) is 90.7 Å². The maximum absolute atomic E-state index is 13.9. The Bertz CT molecular complexity index is 1430. The molecule has 0 spiro atoms. The first-order chi connectivity index (χ1) is 16.5. The van der Waals surface area contributed by atoms with Crippen LogP contribution in [0.1, 0.15) is 37.0 Å². The van der Waals surface area contributed by atoms with Gasteiger partial charge in [0.1, 0.15) is 34.5 Å². The number of nitriles is 1. The maximum Gasteiger partial charge on any atom is 0.232 e. The Kier molecular flexibility index (Phi) is 5.98. The Morgan fingerprint density at radius 2 is 1.97 bits per heavy atom. The van der Waals surface area contributed by atoms with E-state index >= 15 is 0 Å². The normalized spacial score (nSPS) is 14.4. The number of hydrogen-bond acceptors (Lipinski definition) is 6. The number of H-pyrrole nitrogens is 1. The van der Waals surface area contributed by atoms with Crippen molar-refractivity contribution < 1.29 is 9.13 Å². The third-order valence-corrected chi connectivity index (χ3v) is 6.55. The van der Waals surface area contributed by atoms with Crippen molar-refractivity contribution in [1.29, 1.82) is 5.26 Å². The van der Waals surface area contributed by atoms with Gasteiger partial charge in [-0.1, -0.05) is 23.2 Å². The van der Waals surface area contributed by atoms with E-state index in [0.29, 0.717) is 28.4 Å². The average Bonchev–Trinajstić information content (AvgIpc) is 3.51. The van der Waals surface area contributed by atoms with E-state index in [1.165, 1.54) is 6.20 Å². The van der Waals surface area contributed by atoms with Crippen molar-refractivity contribution in [2.75, 3.05) is 18.0 Å². The van der Waals surface area contributed by atoms with Gasteiger partial charge in [-0.3, -0.25) is 5.10 Å². The van der Waals surface area contributed by atoms with Crippen molar-refractivity contribution in [1.82, 2.24) is 20.2 Å². The summed E-state index contributed by atoms with van der Waals surface area (Å²) in [5.41, 5.74) is 3.00. The lowest BCUT2D eigenvalue weighted by atomic mass is 10.1. The summed E-state index contributed by atoms with van der Waals surface area (Å²) in [5, 5.41) is 18.0. The van der Waals surface area contributed by atoms with Gasteiger partial charge in [-0.15, -0.1) is 0 Å². The number of ether oxygens (including phenoxy) is 1. The van der Waals surface area contributed by atoms with Gasteiger partial charge >= 0.3 is 0 Å². The number of fused-ring (bicyclic) bond motifs is 1. The molecule has 4 heterocycles. The van der Waals surface area contributed by atoms with E-state index < -0.39 is 12.1 Å². The third-order valence-electron chi connectivity index (χ3n) is 5.89. The van der Waals surface area contributed by atoms with E-state index in [2.05, 4.69) is 31.1 Å². The number of anilines is 1. The molecule has 1 aromatic carbocycles. The predicted octanol–water partition coefficient (Wildman–Crippen LogP) is 6.08. The maximum atomic E-state index is 13.9. The first kappa shape index (κ1) is 22.4. The van der Waals surface area contributed by atoms with Gasteiger partial charge in [0.2, 0.25) is 5.95 Å². The standard InChI is InChI=1S/C24H19Cl2FN6O/c1-13(20-18(25)12-29-23(27)21(20)26)34-16-4-5-19-17(9-16)22(32-31-19)15-8-14(10-28)24(30-11-15)33-6-2-3-7-33/h4-5,8-9,11-13H,2-3,6-7H2,1H3,(H,31,32). The molecule has 0 aliphatic carbocycles. The molecule has 1 saturated heterocycles. The van der Waals surface area contributed by atoms with E-state index in [1.807, 2.05) is 18.2 Å². The summed E-state index contributed by atoms with van der Waals surface area (Å²) in [4.78, 5) is 10.2. The zero-order valence-corrected chi connectivity index (χ0v) is 19.7. The van der Waals surface area contributed by atoms with Crippen LogP contribution in [0.3, 0.4) is 0 Å². The van der Waals surface area contributed by atoms with Crippen LogP contribution in [-0.2, 0) is 0 Å². The lowest BCUT2D eigenvalue weighted by molar-refractivity contribution is 0.226. The van der Waals surface area contributed by atoms with E-state index in [0.717, 1.165) is 42.4 Å². The molecule has 1 N–H and O–H groups in total. The fourth-order valence-corrected chi connectivity index (χ4v) is 4.88. The molecule has 1 aliphatic heterocycles. The number of nitrogens with one attached hydrogen (secondary N) is 1. The van der Waals surface area contributed by atoms with E-state index in [1.54, 1.807) is 19.2 Å². The smallest absolute Gasteiger partial charge is 0.232 e. The minimum Gasteiger partial charge on any atom is -0.486 e. The van der Waals surface area contributed by atoms with Gasteiger partial charge in [0, 0.05) is 42.0 Å². The molecular weight excluding hydrogens is 478 g/mol. The molecule has 0 amide bonds. The second kappa shape index (κ2) is 9.09. The van der Waals surface area contributed by atoms with Crippen LogP contribution >= 0.6 is 23.2 Å². The molecule has 10 heteroatoms. The first-order valence-corrected chi connectivity index (χ1v) is 11.5. The van der Waals surface area contributed by atoms with Crippen LogP contribution < -0.4 is 9.64 Å². The first-order valence-electron chi connectivity index (χ1n) is 10.8. The molecule has 1 aliphatic rings. The fourth-order valence-electron chi connectivity index (χ4n) is 4.23. The summed E-state index contributed by atoms with van der Waals surface area (Å²) in [5.74, 6) is 0.427. The Morgan fingerprint density at radius 3 is 2.74 bits per heavy atom. The number of halogens is 3. The minimum absolute atomic E-state index is 0.168. The van der Waals surface area contributed by atoms with Crippen molar-refractivity contribution in [2.24, 2.45) is 0 Å². The summed E-state index contributed by atoms with van der Waals surface area (Å²) in [6.45, 7) is 3.54. The van der Waals surface area contributed by atoms with Crippen LogP contribution in [0.5, 0.6) is 5.75 Å². The van der Waals surface area contributed by atoms with Crippen LogP contribution in [0.4, 0.5) is 10.2 Å². The molecule has 1 atom stereocenters. The number of rotatable bonds is 5. The fraction of sp³-hybridized carbons (Fsp3) is 0.250. The summed E-state index contributed by atoms with van der Waals surface area (Å²) in [7, 11) is 0. The Morgan fingerprint density at radius 1 is 1.18 bits per heavy atom. The molecule has 0 bridgehead atoms. The molecule has 172 valence electrons. The van der Waals surface area contributed by atoms with Crippen molar-refractivity contribution >= 4 is 39.9 Å². The highest BCUT2D eigenvalue weighted by molar-refractivity contribution is 6.35. The van der Waals surface area contributed by atoms with E-state index in [9.17, 15) is 9.65 Å². The molecule has 1 unspecified atom stereocenters. The second-order valence-corrected chi connectivity index (χ2v) is 8.85. The Balaban J connectivity index is 1.48. The van der Waals surface area contributed by atoms with Crippen molar-refractivity contribution in [3.05, 3.63) is 63.8 Å². The number of aromatic amines is 1. The van der Waals surface area contributed by atoms with Crippen molar-refractivity contribution in [2.45, 2.75) is 25.9 Å². The summed E-state index contributed by atoms with van der Waals surface area (Å²) >= 11 is 12.3. The van der Waals surface area contributed by atoms with Gasteiger partial charge in [0.25, 0.3) is 0 Å². The quantitative estimate of drug-likeness (QED) is 0.336. The van der Waals surface area contributed by atoms with Crippen LogP contribution in [0.15, 0.2) is 36.7 Å². The van der Waals surface area contributed by atoms with Crippen LogP contribution in [0.2, 0.25) is 10.0 Å². The number of aromatic nitrogens is 4. The summed E-state index contributed by atoms with van der Waals surface area (Å²) < 4.78 is 19.9.